The van der Waals surface area contributed by atoms with Gasteiger partial charge in [-0.25, -0.2) is 4.39 Å². The van der Waals surface area contributed by atoms with Crippen molar-refractivity contribution in [2.75, 3.05) is 5.33 Å². The van der Waals surface area contributed by atoms with Crippen molar-refractivity contribution in [2.45, 2.75) is 25.8 Å². The molecule has 2 nitrogen and oxygen atoms in total. The summed E-state index contributed by atoms with van der Waals surface area (Å²) in [6, 6.07) is 4.06. The van der Waals surface area contributed by atoms with Crippen LogP contribution in [0.1, 0.15) is 30.1 Å². The number of amides is 1. The van der Waals surface area contributed by atoms with Crippen LogP contribution in [0, 0.1) is 5.82 Å². The van der Waals surface area contributed by atoms with E-state index in [2.05, 4.69) is 21.2 Å². The second-order valence-electron chi connectivity index (χ2n) is 3.83. The quantitative estimate of drug-likeness (QED) is 0.821. The molecule has 0 radical (unpaired) electrons. The first-order valence-corrected chi connectivity index (χ1v) is 6.86. The van der Waals surface area contributed by atoms with Crippen LogP contribution < -0.4 is 5.32 Å². The molecule has 0 aromatic heterocycles. The molecular formula is C12H14BrClFNO. The van der Waals surface area contributed by atoms with Crippen LogP contribution in [0.25, 0.3) is 0 Å². The van der Waals surface area contributed by atoms with Crippen LogP contribution in [0.2, 0.25) is 5.02 Å². The molecule has 1 aromatic rings. The molecule has 0 bridgehead atoms. The molecule has 0 heterocycles. The molecular weight excluding hydrogens is 308 g/mol. The van der Waals surface area contributed by atoms with Crippen LogP contribution in [0.5, 0.6) is 0 Å². The molecule has 0 fully saturated rings. The lowest BCUT2D eigenvalue weighted by atomic mass is 10.1. The first-order chi connectivity index (χ1) is 8.04. The molecule has 1 N–H and O–H groups in total. The third-order valence-corrected chi connectivity index (χ3v) is 3.12. The van der Waals surface area contributed by atoms with Gasteiger partial charge >= 0.3 is 0 Å². The van der Waals surface area contributed by atoms with Gasteiger partial charge in [-0.05, 0) is 38.0 Å². The third kappa shape index (κ3) is 4.64. The maximum Gasteiger partial charge on any atom is 0.254 e. The van der Waals surface area contributed by atoms with Crippen molar-refractivity contribution >= 4 is 33.4 Å². The van der Waals surface area contributed by atoms with Crippen molar-refractivity contribution in [3.05, 3.63) is 34.6 Å². The smallest absolute Gasteiger partial charge is 0.254 e. The van der Waals surface area contributed by atoms with Crippen LogP contribution in [-0.2, 0) is 0 Å². The minimum atomic E-state index is -0.595. The summed E-state index contributed by atoms with van der Waals surface area (Å²) in [4.78, 5) is 11.7. The molecule has 1 aromatic carbocycles. The summed E-state index contributed by atoms with van der Waals surface area (Å²) in [5.74, 6) is -0.996. The Balaban J connectivity index is 2.63. The average Bonchev–Trinajstić information content (AvgIpc) is 2.26. The van der Waals surface area contributed by atoms with Crippen LogP contribution in [0.3, 0.4) is 0 Å². The summed E-state index contributed by atoms with van der Waals surface area (Å²) in [7, 11) is 0. The van der Waals surface area contributed by atoms with Gasteiger partial charge in [-0.3, -0.25) is 4.79 Å². The molecule has 0 spiro atoms. The highest BCUT2D eigenvalue weighted by atomic mass is 79.9. The highest BCUT2D eigenvalue weighted by molar-refractivity contribution is 9.09. The fraction of sp³-hybridized carbons (Fsp3) is 0.417. The van der Waals surface area contributed by atoms with Crippen molar-refractivity contribution in [3.63, 3.8) is 0 Å². The summed E-state index contributed by atoms with van der Waals surface area (Å²) >= 11 is 8.94. The lowest BCUT2D eigenvalue weighted by Gasteiger charge is -2.13. The Hall–Kier alpha value is -0.610. The minimum Gasteiger partial charge on any atom is -0.349 e. The Morgan fingerprint density at radius 2 is 2.29 bits per heavy atom. The Bertz CT molecular complexity index is 400. The molecule has 1 rings (SSSR count). The van der Waals surface area contributed by atoms with Gasteiger partial charge in [0.1, 0.15) is 5.82 Å². The predicted molar refractivity (Wildman–Crippen MR) is 71.4 cm³/mol. The van der Waals surface area contributed by atoms with Gasteiger partial charge in [-0.15, -0.1) is 0 Å². The number of nitrogens with one attached hydrogen (secondary N) is 1. The molecule has 0 aliphatic carbocycles. The van der Waals surface area contributed by atoms with Gasteiger partial charge in [0, 0.05) is 16.4 Å². The van der Waals surface area contributed by atoms with Crippen molar-refractivity contribution < 1.29 is 9.18 Å². The second kappa shape index (κ2) is 6.97. The van der Waals surface area contributed by atoms with E-state index in [0.717, 1.165) is 24.2 Å². The van der Waals surface area contributed by atoms with Crippen LogP contribution in [-0.4, -0.2) is 17.3 Å². The number of hydrogen-bond acceptors (Lipinski definition) is 1. The zero-order valence-corrected chi connectivity index (χ0v) is 11.8. The Kier molecular flexibility index (Phi) is 5.92. The second-order valence-corrected chi connectivity index (χ2v) is 5.06. The predicted octanol–water partition coefficient (Wildman–Crippen LogP) is 3.77. The number of rotatable bonds is 5. The topological polar surface area (TPSA) is 29.1 Å². The molecule has 17 heavy (non-hydrogen) atoms. The lowest BCUT2D eigenvalue weighted by molar-refractivity contribution is 0.0934. The maximum absolute atomic E-state index is 13.5. The maximum atomic E-state index is 13.5. The van der Waals surface area contributed by atoms with Crippen molar-refractivity contribution in [3.8, 4) is 0 Å². The van der Waals surface area contributed by atoms with E-state index in [1.807, 2.05) is 6.92 Å². The van der Waals surface area contributed by atoms with E-state index in [9.17, 15) is 9.18 Å². The van der Waals surface area contributed by atoms with Crippen molar-refractivity contribution in [2.24, 2.45) is 0 Å². The third-order valence-electron chi connectivity index (χ3n) is 2.32. The molecule has 5 heteroatoms. The summed E-state index contributed by atoms with van der Waals surface area (Å²) in [6.07, 6.45) is 1.82. The first kappa shape index (κ1) is 14.5. The SMILES string of the molecule is CC(CCCBr)NC(=O)c1ccc(Cl)cc1F. The number of benzene rings is 1. The molecule has 94 valence electrons. The number of carbonyl (C=O) groups is 1. The highest BCUT2D eigenvalue weighted by Gasteiger charge is 2.13. The normalized spacial score (nSPS) is 12.2. The van der Waals surface area contributed by atoms with Gasteiger partial charge in [0.25, 0.3) is 5.91 Å². The van der Waals surface area contributed by atoms with Gasteiger partial charge in [-0.2, -0.15) is 0 Å². The number of carbonyl (C=O) groups excluding carboxylic acids is 1. The fourth-order valence-electron chi connectivity index (χ4n) is 1.43. The largest absolute Gasteiger partial charge is 0.349 e. The van der Waals surface area contributed by atoms with Crippen LogP contribution in [0.4, 0.5) is 4.39 Å². The van der Waals surface area contributed by atoms with Gasteiger partial charge in [0.2, 0.25) is 0 Å². The van der Waals surface area contributed by atoms with Crippen LogP contribution >= 0.6 is 27.5 Å². The zero-order valence-electron chi connectivity index (χ0n) is 9.47. The summed E-state index contributed by atoms with van der Waals surface area (Å²) in [5.41, 5.74) is 0.0279. The van der Waals surface area contributed by atoms with E-state index in [1.54, 1.807) is 0 Å². The van der Waals surface area contributed by atoms with Gasteiger partial charge < -0.3 is 5.32 Å². The number of hydrogen-bond donors (Lipinski definition) is 1. The van der Waals surface area contributed by atoms with E-state index >= 15 is 0 Å². The number of halogens is 3. The molecule has 0 saturated carbocycles. The molecule has 0 aliphatic rings. The summed E-state index contributed by atoms with van der Waals surface area (Å²) in [5, 5.41) is 3.92. The van der Waals surface area contributed by atoms with Crippen LogP contribution in [0.15, 0.2) is 18.2 Å². The van der Waals surface area contributed by atoms with E-state index < -0.39 is 11.7 Å². The Morgan fingerprint density at radius 1 is 1.59 bits per heavy atom. The molecule has 1 unspecified atom stereocenters. The standard InChI is InChI=1S/C12H14BrClFNO/c1-8(3-2-6-13)16-12(17)10-5-4-9(14)7-11(10)15/h4-5,7-8H,2-3,6H2,1H3,(H,16,17). The zero-order chi connectivity index (χ0) is 12.8. The van der Waals surface area contributed by atoms with Crippen molar-refractivity contribution in [1.82, 2.24) is 5.32 Å². The summed E-state index contributed by atoms with van der Waals surface area (Å²) < 4.78 is 13.5. The van der Waals surface area contributed by atoms with Gasteiger partial charge in [0.15, 0.2) is 0 Å². The van der Waals surface area contributed by atoms with E-state index in [-0.39, 0.29) is 16.6 Å². The fourth-order valence-corrected chi connectivity index (χ4v) is 1.91. The average molecular weight is 323 g/mol. The van der Waals surface area contributed by atoms with Gasteiger partial charge in [0.05, 0.1) is 5.56 Å². The first-order valence-electron chi connectivity index (χ1n) is 5.36. The Labute approximate surface area is 114 Å². The van der Waals surface area contributed by atoms with E-state index in [0.29, 0.717) is 0 Å². The minimum absolute atomic E-state index is 0.0233. The van der Waals surface area contributed by atoms with Gasteiger partial charge in [-0.1, -0.05) is 27.5 Å². The highest BCUT2D eigenvalue weighted by Crippen LogP contribution is 2.14. The summed E-state index contributed by atoms with van der Waals surface area (Å²) in [6.45, 7) is 1.90. The molecule has 0 aliphatic heterocycles. The van der Waals surface area contributed by atoms with E-state index in [1.165, 1.54) is 12.1 Å². The molecule has 1 amide bonds. The number of alkyl halides is 1. The lowest BCUT2D eigenvalue weighted by Crippen LogP contribution is -2.33. The van der Waals surface area contributed by atoms with Crippen molar-refractivity contribution in [1.29, 1.82) is 0 Å². The molecule has 0 saturated heterocycles. The Morgan fingerprint density at radius 3 is 2.88 bits per heavy atom. The monoisotopic (exact) mass is 321 g/mol. The van der Waals surface area contributed by atoms with E-state index in [4.69, 9.17) is 11.6 Å². The molecule has 1 atom stereocenters.